The van der Waals surface area contributed by atoms with Gasteiger partial charge >= 0.3 is 5.97 Å². The summed E-state index contributed by atoms with van der Waals surface area (Å²) in [5.41, 5.74) is 0.531. The summed E-state index contributed by atoms with van der Waals surface area (Å²) in [5, 5.41) is 21.6. The van der Waals surface area contributed by atoms with Crippen LogP contribution in [-0.4, -0.2) is 35.1 Å². The van der Waals surface area contributed by atoms with Gasteiger partial charge in [-0.1, -0.05) is 0 Å². The molecule has 0 radical (unpaired) electrons. The topological polar surface area (TPSA) is 119 Å². The lowest BCUT2D eigenvalue weighted by Gasteiger charge is -2.08. The number of benzene rings is 1. The van der Waals surface area contributed by atoms with Crippen LogP contribution in [0.2, 0.25) is 0 Å². The summed E-state index contributed by atoms with van der Waals surface area (Å²) in [6, 6.07) is 2.72. The maximum Gasteiger partial charge on any atom is 0.329 e. The minimum atomic E-state index is -1.19. The molecule has 0 aromatic heterocycles. The number of carbonyl (C=O) groups is 2. The number of nitro benzene ring substituents is 1. The second-order valence-electron chi connectivity index (χ2n) is 3.81. The number of hydrogen-bond donors (Lipinski definition) is 2. The summed E-state index contributed by atoms with van der Waals surface area (Å²) in [5.74, 6) is -1.80. The molecular weight excluding hydrogens is 336 g/mol. The third kappa shape index (κ3) is 4.59. The summed E-state index contributed by atoms with van der Waals surface area (Å²) in [6.45, 7) is 0.521. The lowest BCUT2D eigenvalue weighted by atomic mass is 10.2. The molecule has 0 spiro atoms. The molecule has 1 amide bonds. The number of rotatable bonds is 6. The molecule has 2 N–H and O–H groups in total. The van der Waals surface area contributed by atoms with Crippen LogP contribution >= 0.6 is 15.9 Å². The molecule has 0 fully saturated rings. The van der Waals surface area contributed by atoms with Gasteiger partial charge in [0.05, 0.1) is 10.6 Å². The summed E-state index contributed by atoms with van der Waals surface area (Å²) >= 11 is 3.18. The SMILES string of the molecule is Cc1cc(Br)c(NC(=O)COCC(=O)O)cc1[N+](=O)[O-]. The number of halogens is 1. The standard InChI is InChI=1S/C11H11BrN2O6/c1-6-2-7(12)8(3-9(6)14(18)19)13-10(15)4-20-5-11(16)17/h2-3H,4-5H2,1H3,(H,13,15)(H,16,17). The molecule has 8 nitrogen and oxygen atoms in total. The Morgan fingerprint density at radius 1 is 1.45 bits per heavy atom. The van der Waals surface area contributed by atoms with E-state index in [4.69, 9.17) is 5.11 Å². The van der Waals surface area contributed by atoms with E-state index in [0.29, 0.717) is 10.0 Å². The fraction of sp³-hybridized carbons (Fsp3) is 0.273. The van der Waals surface area contributed by atoms with Crippen LogP contribution in [0.5, 0.6) is 0 Å². The molecule has 108 valence electrons. The van der Waals surface area contributed by atoms with Crippen LogP contribution in [0.1, 0.15) is 5.56 Å². The fourth-order valence-electron chi connectivity index (χ4n) is 1.37. The van der Waals surface area contributed by atoms with E-state index in [1.807, 2.05) is 0 Å². The third-order valence-corrected chi connectivity index (χ3v) is 2.87. The predicted octanol–water partition coefficient (Wildman–Crippen LogP) is 1.71. The lowest BCUT2D eigenvalue weighted by Crippen LogP contribution is -2.21. The molecule has 0 saturated heterocycles. The van der Waals surface area contributed by atoms with Crippen LogP contribution < -0.4 is 5.32 Å². The second-order valence-corrected chi connectivity index (χ2v) is 4.66. The maximum atomic E-state index is 11.5. The molecule has 0 aliphatic rings. The van der Waals surface area contributed by atoms with Gasteiger partial charge in [0.2, 0.25) is 5.91 Å². The first-order chi connectivity index (χ1) is 9.31. The molecule has 1 rings (SSSR count). The monoisotopic (exact) mass is 346 g/mol. The van der Waals surface area contributed by atoms with Gasteiger partial charge in [0.15, 0.2) is 0 Å². The number of hydrogen-bond acceptors (Lipinski definition) is 5. The molecule has 0 aliphatic carbocycles. The minimum Gasteiger partial charge on any atom is -0.480 e. The van der Waals surface area contributed by atoms with Crippen LogP contribution in [0.25, 0.3) is 0 Å². The Hall–Kier alpha value is -2.00. The zero-order valence-corrected chi connectivity index (χ0v) is 12.0. The first-order valence-corrected chi connectivity index (χ1v) is 6.14. The van der Waals surface area contributed by atoms with E-state index in [-0.39, 0.29) is 11.4 Å². The van der Waals surface area contributed by atoms with Gasteiger partial charge in [-0.25, -0.2) is 4.79 Å². The molecule has 0 heterocycles. The minimum absolute atomic E-state index is 0.130. The van der Waals surface area contributed by atoms with E-state index >= 15 is 0 Å². The molecule has 0 bridgehead atoms. The number of carbonyl (C=O) groups excluding carboxylic acids is 1. The van der Waals surface area contributed by atoms with Crippen molar-refractivity contribution in [2.45, 2.75) is 6.92 Å². The Balaban J connectivity index is 2.76. The smallest absolute Gasteiger partial charge is 0.329 e. The molecular formula is C11H11BrN2O6. The van der Waals surface area contributed by atoms with Crippen molar-refractivity contribution in [1.82, 2.24) is 0 Å². The van der Waals surface area contributed by atoms with E-state index in [2.05, 4.69) is 26.0 Å². The van der Waals surface area contributed by atoms with Crippen LogP contribution in [0, 0.1) is 17.0 Å². The molecule has 20 heavy (non-hydrogen) atoms. The number of amides is 1. The number of aliphatic carboxylic acids is 1. The Labute approximate surface area is 122 Å². The van der Waals surface area contributed by atoms with Crippen LogP contribution in [0.15, 0.2) is 16.6 Å². The Kier molecular flexibility index (Phi) is 5.59. The van der Waals surface area contributed by atoms with Gasteiger partial charge in [0.1, 0.15) is 13.2 Å². The Morgan fingerprint density at radius 2 is 2.10 bits per heavy atom. The molecule has 0 saturated carbocycles. The van der Waals surface area contributed by atoms with Crippen molar-refractivity contribution >= 4 is 39.2 Å². The molecule has 9 heteroatoms. The van der Waals surface area contributed by atoms with Gasteiger partial charge in [-0.2, -0.15) is 0 Å². The number of ether oxygens (including phenoxy) is 1. The number of nitro groups is 1. The van der Waals surface area contributed by atoms with Crippen LogP contribution in [0.4, 0.5) is 11.4 Å². The highest BCUT2D eigenvalue weighted by molar-refractivity contribution is 9.10. The summed E-state index contributed by atoms with van der Waals surface area (Å²) in [4.78, 5) is 32.0. The number of carboxylic acid groups (broad SMARTS) is 1. The zero-order valence-electron chi connectivity index (χ0n) is 10.4. The van der Waals surface area contributed by atoms with Gasteiger partial charge < -0.3 is 15.2 Å². The molecule has 1 aromatic rings. The van der Waals surface area contributed by atoms with Crippen molar-refractivity contribution in [3.63, 3.8) is 0 Å². The summed E-state index contributed by atoms with van der Waals surface area (Å²) in [7, 11) is 0. The van der Waals surface area contributed by atoms with Gasteiger partial charge in [-0.15, -0.1) is 0 Å². The van der Waals surface area contributed by atoms with E-state index in [1.54, 1.807) is 6.92 Å². The largest absolute Gasteiger partial charge is 0.480 e. The Bertz CT molecular complexity index is 560. The van der Waals surface area contributed by atoms with E-state index in [0.717, 1.165) is 0 Å². The van der Waals surface area contributed by atoms with Crippen LogP contribution in [0.3, 0.4) is 0 Å². The molecule has 0 aliphatic heterocycles. The number of anilines is 1. The lowest BCUT2D eigenvalue weighted by molar-refractivity contribution is -0.385. The van der Waals surface area contributed by atoms with Crippen molar-refractivity contribution < 1.29 is 24.4 Å². The van der Waals surface area contributed by atoms with Gasteiger partial charge in [-0.3, -0.25) is 14.9 Å². The average molecular weight is 347 g/mol. The first-order valence-electron chi connectivity index (χ1n) is 5.35. The highest BCUT2D eigenvalue weighted by Crippen LogP contribution is 2.30. The fourth-order valence-corrected chi connectivity index (χ4v) is 1.93. The number of aryl methyl sites for hydroxylation is 1. The van der Waals surface area contributed by atoms with Crippen molar-refractivity contribution in [3.05, 3.63) is 32.3 Å². The van der Waals surface area contributed by atoms with Gasteiger partial charge in [-0.05, 0) is 28.9 Å². The molecule has 0 atom stereocenters. The van der Waals surface area contributed by atoms with E-state index in [9.17, 15) is 19.7 Å². The average Bonchev–Trinajstić information content (AvgIpc) is 2.31. The van der Waals surface area contributed by atoms with Crippen molar-refractivity contribution in [1.29, 1.82) is 0 Å². The summed E-state index contributed by atoms with van der Waals surface area (Å²) in [6.07, 6.45) is 0. The van der Waals surface area contributed by atoms with Crippen LogP contribution in [-0.2, 0) is 14.3 Å². The summed E-state index contributed by atoms with van der Waals surface area (Å²) < 4.78 is 5.09. The predicted molar refractivity (Wildman–Crippen MR) is 72.6 cm³/mol. The number of carboxylic acids is 1. The Morgan fingerprint density at radius 3 is 2.65 bits per heavy atom. The molecule has 1 aromatic carbocycles. The van der Waals surface area contributed by atoms with Gasteiger partial charge in [0, 0.05) is 16.1 Å². The van der Waals surface area contributed by atoms with Gasteiger partial charge in [0.25, 0.3) is 5.69 Å². The number of nitrogens with one attached hydrogen (secondary N) is 1. The quantitative estimate of drug-likeness (QED) is 0.597. The van der Waals surface area contributed by atoms with Crippen molar-refractivity contribution in [3.8, 4) is 0 Å². The first kappa shape index (κ1) is 16.1. The maximum absolute atomic E-state index is 11.5. The van der Waals surface area contributed by atoms with E-state index in [1.165, 1.54) is 12.1 Å². The normalized spacial score (nSPS) is 10.1. The highest BCUT2D eigenvalue weighted by atomic mass is 79.9. The van der Waals surface area contributed by atoms with E-state index < -0.39 is 30.0 Å². The molecule has 0 unspecified atom stereocenters. The van der Waals surface area contributed by atoms with Crippen molar-refractivity contribution in [2.75, 3.05) is 18.5 Å². The highest BCUT2D eigenvalue weighted by Gasteiger charge is 2.16. The number of nitrogens with zero attached hydrogens (tertiary/aromatic N) is 1. The van der Waals surface area contributed by atoms with Crippen molar-refractivity contribution in [2.24, 2.45) is 0 Å². The zero-order chi connectivity index (χ0) is 15.3. The second kappa shape index (κ2) is 6.96. The third-order valence-electron chi connectivity index (χ3n) is 2.22.